The molecule has 1 saturated heterocycles. The van der Waals surface area contributed by atoms with Gasteiger partial charge in [0, 0.05) is 62.1 Å². The number of aromatic nitrogens is 1. The molecule has 0 aliphatic carbocycles. The number of nitrogens with zero attached hydrogens (tertiary/aromatic N) is 3. The number of benzene rings is 2. The first-order valence-electron chi connectivity index (χ1n) is 11.9. The third-order valence-electron chi connectivity index (χ3n) is 5.84. The molecule has 0 atom stereocenters. The van der Waals surface area contributed by atoms with Gasteiger partial charge in [-0.2, -0.15) is 0 Å². The Balaban J connectivity index is 1.37. The van der Waals surface area contributed by atoms with Crippen molar-refractivity contribution in [2.24, 2.45) is 0 Å². The summed E-state index contributed by atoms with van der Waals surface area (Å²) in [5, 5.41) is 5.58. The van der Waals surface area contributed by atoms with Crippen molar-refractivity contribution in [3.63, 3.8) is 0 Å². The first kappa shape index (κ1) is 24.4. The van der Waals surface area contributed by atoms with Crippen molar-refractivity contribution in [3.8, 4) is 0 Å². The van der Waals surface area contributed by atoms with Crippen LogP contribution in [0.3, 0.4) is 0 Å². The minimum atomic E-state index is -0.335. The number of nitrogens with one attached hydrogen (secondary N) is 2. The molecule has 8 nitrogen and oxygen atoms in total. The fourth-order valence-corrected chi connectivity index (χ4v) is 3.96. The van der Waals surface area contributed by atoms with Gasteiger partial charge >= 0.3 is 6.03 Å². The van der Waals surface area contributed by atoms with Gasteiger partial charge in [0.05, 0.1) is 13.2 Å². The molecule has 8 heteroatoms. The second-order valence-electron chi connectivity index (χ2n) is 8.41. The normalized spacial score (nSPS) is 13.7. The number of urea groups is 1. The Bertz CT molecular complexity index is 1070. The number of pyridine rings is 1. The molecule has 1 aromatic heterocycles. The van der Waals surface area contributed by atoms with Crippen molar-refractivity contribution < 1.29 is 14.3 Å². The number of ether oxygens (including phenoxy) is 1. The zero-order valence-corrected chi connectivity index (χ0v) is 19.7. The van der Waals surface area contributed by atoms with Crippen LogP contribution in [0.2, 0.25) is 0 Å². The van der Waals surface area contributed by atoms with Gasteiger partial charge in [0.15, 0.2) is 0 Å². The number of hydrogen-bond donors (Lipinski definition) is 2. The summed E-state index contributed by atoms with van der Waals surface area (Å²) in [7, 11) is 0. The summed E-state index contributed by atoms with van der Waals surface area (Å²) < 4.78 is 5.42. The largest absolute Gasteiger partial charge is 0.379 e. The molecule has 1 aliphatic heterocycles. The van der Waals surface area contributed by atoms with E-state index in [2.05, 4.69) is 20.5 Å². The van der Waals surface area contributed by atoms with Crippen molar-refractivity contribution >= 4 is 23.3 Å². The second-order valence-corrected chi connectivity index (χ2v) is 8.41. The average molecular weight is 474 g/mol. The van der Waals surface area contributed by atoms with Gasteiger partial charge < -0.3 is 20.3 Å². The number of para-hydroxylation sites is 1. The van der Waals surface area contributed by atoms with Gasteiger partial charge in [0.25, 0.3) is 5.91 Å². The standard InChI is InChI=1S/C27H31N5O3/c33-26(23-7-9-25(10-8-23)30-27(34)29-24-5-2-1-3-6-24)32(21-22-11-13-28-14-12-22)16-4-15-31-17-19-35-20-18-31/h1-3,5-14H,4,15-21H2,(H2,29,30,34). The van der Waals surface area contributed by atoms with Crippen molar-refractivity contribution in [1.29, 1.82) is 0 Å². The SMILES string of the molecule is O=C(Nc1ccccc1)Nc1ccc(C(=O)N(CCCN2CCOCC2)Cc2ccncc2)cc1. The molecular formula is C27H31N5O3. The summed E-state index contributed by atoms with van der Waals surface area (Å²) >= 11 is 0. The highest BCUT2D eigenvalue weighted by Gasteiger charge is 2.18. The van der Waals surface area contributed by atoms with E-state index in [1.54, 1.807) is 36.7 Å². The van der Waals surface area contributed by atoms with Crippen molar-refractivity contribution in [3.05, 3.63) is 90.3 Å². The molecule has 0 unspecified atom stereocenters. The van der Waals surface area contributed by atoms with E-state index in [1.165, 1.54) is 0 Å². The Hall–Kier alpha value is -3.75. The van der Waals surface area contributed by atoms with E-state index in [0.29, 0.717) is 30.0 Å². The lowest BCUT2D eigenvalue weighted by Gasteiger charge is -2.28. The molecule has 2 N–H and O–H groups in total. The molecular weight excluding hydrogens is 442 g/mol. The van der Waals surface area contributed by atoms with Gasteiger partial charge in [-0.15, -0.1) is 0 Å². The topological polar surface area (TPSA) is 86.8 Å². The lowest BCUT2D eigenvalue weighted by atomic mass is 10.1. The Morgan fingerprint density at radius 2 is 1.54 bits per heavy atom. The first-order valence-corrected chi connectivity index (χ1v) is 11.9. The van der Waals surface area contributed by atoms with Crippen LogP contribution in [0.1, 0.15) is 22.3 Å². The van der Waals surface area contributed by atoms with Crippen molar-refractivity contribution in [1.82, 2.24) is 14.8 Å². The van der Waals surface area contributed by atoms with E-state index < -0.39 is 0 Å². The van der Waals surface area contributed by atoms with Crippen LogP contribution in [0, 0.1) is 0 Å². The van der Waals surface area contributed by atoms with Crippen molar-refractivity contribution in [2.75, 3.05) is 50.0 Å². The Morgan fingerprint density at radius 1 is 0.886 bits per heavy atom. The maximum Gasteiger partial charge on any atom is 0.323 e. The van der Waals surface area contributed by atoms with Gasteiger partial charge in [-0.05, 0) is 60.5 Å². The maximum absolute atomic E-state index is 13.4. The molecule has 1 aliphatic rings. The van der Waals surface area contributed by atoms with Gasteiger partial charge in [-0.1, -0.05) is 18.2 Å². The summed E-state index contributed by atoms with van der Waals surface area (Å²) in [4.78, 5) is 34.0. The first-order chi connectivity index (χ1) is 17.2. The molecule has 0 bridgehead atoms. The van der Waals surface area contributed by atoms with E-state index >= 15 is 0 Å². The molecule has 182 valence electrons. The highest BCUT2D eigenvalue weighted by molar-refractivity contribution is 6.00. The summed E-state index contributed by atoms with van der Waals surface area (Å²) in [6.07, 6.45) is 4.37. The molecule has 3 amide bonds. The van der Waals surface area contributed by atoms with E-state index in [0.717, 1.165) is 44.8 Å². The molecule has 4 rings (SSSR count). The molecule has 35 heavy (non-hydrogen) atoms. The molecule has 1 fully saturated rings. The number of carbonyl (C=O) groups is 2. The van der Waals surface area contributed by atoms with Crippen LogP contribution in [0.25, 0.3) is 0 Å². The highest BCUT2D eigenvalue weighted by atomic mass is 16.5. The molecule has 2 aromatic carbocycles. The molecule has 3 aromatic rings. The van der Waals surface area contributed by atoms with Crippen LogP contribution in [-0.4, -0.2) is 66.1 Å². The van der Waals surface area contributed by atoms with E-state index in [9.17, 15) is 9.59 Å². The predicted octanol–water partition coefficient (Wildman–Crippen LogP) is 4.09. The minimum Gasteiger partial charge on any atom is -0.379 e. The smallest absolute Gasteiger partial charge is 0.323 e. The van der Waals surface area contributed by atoms with Crippen LogP contribution < -0.4 is 10.6 Å². The molecule has 0 radical (unpaired) electrons. The summed E-state index contributed by atoms with van der Waals surface area (Å²) in [6.45, 7) is 5.51. The highest BCUT2D eigenvalue weighted by Crippen LogP contribution is 2.15. The van der Waals surface area contributed by atoms with Gasteiger partial charge in [-0.3, -0.25) is 14.7 Å². The zero-order chi connectivity index (χ0) is 24.3. The number of amides is 3. The van der Waals surface area contributed by atoms with E-state index in [-0.39, 0.29) is 11.9 Å². The number of hydrogen-bond acceptors (Lipinski definition) is 5. The van der Waals surface area contributed by atoms with Crippen LogP contribution in [0.15, 0.2) is 79.1 Å². The Labute approximate surface area is 205 Å². The average Bonchev–Trinajstić information content (AvgIpc) is 2.90. The number of carbonyl (C=O) groups excluding carboxylic acids is 2. The zero-order valence-electron chi connectivity index (χ0n) is 19.7. The van der Waals surface area contributed by atoms with Gasteiger partial charge in [-0.25, -0.2) is 4.79 Å². The second kappa shape index (κ2) is 12.6. The van der Waals surface area contributed by atoms with Crippen molar-refractivity contribution in [2.45, 2.75) is 13.0 Å². The van der Waals surface area contributed by atoms with Crippen LogP contribution >= 0.6 is 0 Å². The van der Waals surface area contributed by atoms with Crippen LogP contribution in [-0.2, 0) is 11.3 Å². The third-order valence-corrected chi connectivity index (χ3v) is 5.84. The molecule has 2 heterocycles. The lowest BCUT2D eigenvalue weighted by Crippen LogP contribution is -2.39. The quantitative estimate of drug-likeness (QED) is 0.489. The Kier molecular flexibility index (Phi) is 8.80. The van der Waals surface area contributed by atoms with Crippen LogP contribution in [0.4, 0.5) is 16.2 Å². The van der Waals surface area contributed by atoms with E-state index in [4.69, 9.17) is 4.74 Å². The number of morpholine rings is 1. The summed E-state index contributed by atoms with van der Waals surface area (Å²) in [5.41, 5.74) is 2.94. The van der Waals surface area contributed by atoms with Crippen LogP contribution in [0.5, 0.6) is 0 Å². The van der Waals surface area contributed by atoms with Gasteiger partial charge in [0.2, 0.25) is 0 Å². The molecule has 0 saturated carbocycles. The fourth-order valence-electron chi connectivity index (χ4n) is 3.96. The van der Waals surface area contributed by atoms with E-state index in [1.807, 2.05) is 47.4 Å². The molecule has 0 spiro atoms. The fraction of sp³-hybridized carbons (Fsp3) is 0.296. The number of rotatable bonds is 9. The number of anilines is 2. The van der Waals surface area contributed by atoms with Gasteiger partial charge in [0.1, 0.15) is 0 Å². The minimum absolute atomic E-state index is 0.0379. The third kappa shape index (κ3) is 7.63. The Morgan fingerprint density at radius 3 is 2.23 bits per heavy atom. The lowest BCUT2D eigenvalue weighted by molar-refractivity contribution is 0.0355. The predicted molar refractivity (Wildman–Crippen MR) is 136 cm³/mol. The summed E-state index contributed by atoms with van der Waals surface area (Å²) in [5.74, 6) is -0.0379. The summed E-state index contributed by atoms with van der Waals surface area (Å²) in [6, 6.07) is 19.8. The maximum atomic E-state index is 13.4. The monoisotopic (exact) mass is 473 g/mol.